The summed E-state index contributed by atoms with van der Waals surface area (Å²) in [5, 5.41) is 3.87. The van der Waals surface area contributed by atoms with Gasteiger partial charge in [-0.25, -0.2) is 0 Å². The molecule has 0 aliphatic heterocycles. The van der Waals surface area contributed by atoms with E-state index >= 15 is 0 Å². The molecule has 0 aromatic carbocycles. The molecule has 3 nitrogen and oxygen atoms in total. The lowest BCUT2D eigenvalue weighted by Gasteiger charge is -2.00. The number of hydrogen-bond donors (Lipinski definition) is 1. The average Bonchev–Trinajstić information content (AvgIpc) is 2.15. The first-order valence-electron chi connectivity index (χ1n) is 5.04. The zero-order valence-corrected chi connectivity index (χ0v) is 9.85. The predicted molar refractivity (Wildman–Crippen MR) is 61.8 cm³/mol. The van der Waals surface area contributed by atoms with Crippen LogP contribution in [0.4, 0.5) is 0 Å². The number of rotatable bonds is 8. The molecule has 0 aromatic rings. The molecule has 0 spiro atoms. The first-order chi connectivity index (χ1) is 6.66. The highest BCUT2D eigenvalue weighted by Crippen LogP contribution is 2.02. The molecule has 0 unspecified atom stereocenters. The van der Waals surface area contributed by atoms with Gasteiger partial charge in [-0.05, 0) is 32.6 Å². The first kappa shape index (κ1) is 13.5. The van der Waals surface area contributed by atoms with E-state index in [1.54, 1.807) is 0 Å². The van der Waals surface area contributed by atoms with Gasteiger partial charge in [0.2, 0.25) is 0 Å². The van der Waals surface area contributed by atoms with Crippen LogP contribution in [0.1, 0.15) is 46.0 Å². The fourth-order valence-electron chi connectivity index (χ4n) is 0.840. The van der Waals surface area contributed by atoms with E-state index in [1.165, 1.54) is 0 Å². The lowest BCUT2D eigenvalue weighted by atomic mass is 10.2. The van der Waals surface area contributed by atoms with Crippen molar-refractivity contribution in [2.24, 2.45) is 5.16 Å². The SMILES string of the molecule is CC/C(C)=N/OCCCCCC(=O)S. The maximum Gasteiger partial charge on any atom is 0.185 e. The molecular weight excluding hydrogens is 198 g/mol. The second kappa shape index (κ2) is 9.06. The monoisotopic (exact) mass is 217 g/mol. The molecule has 0 aliphatic rings. The quantitative estimate of drug-likeness (QED) is 0.294. The van der Waals surface area contributed by atoms with Crippen molar-refractivity contribution in [2.45, 2.75) is 46.0 Å². The summed E-state index contributed by atoms with van der Waals surface area (Å²) in [6.07, 6.45) is 4.31. The summed E-state index contributed by atoms with van der Waals surface area (Å²) in [5.74, 6) is 0. The molecule has 0 bridgehead atoms. The molecule has 0 aliphatic carbocycles. The van der Waals surface area contributed by atoms with Gasteiger partial charge < -0.3 is 4.84 Å². The second-order valence-electron chi connectivity index (χ2n) is 3.22. The Kier molecular flexibility index (Phi) is 8.73. The Morgan fingerprint density at radius 3 is 2.64 bits per heavy atom. The fraction of sp³-hybridized carbons (Fsp3) is 0.800. The Labute approximate surface area is 91.3 Å². The maximum atomic E-state index is 10.5. The molecule has 0 heterocycles. The molecule has 0 atom stereocenters. The topological polar surface area (TPSA) is 38.7 Å². The van der Waals surface area contributed by atoms with Crippen molar-refractivity contribution >= 4 is 23.5 Å². The number of thiol groups is 1. The largest absolute Gasteiger partial charge is 0.396 e. The minimum absolute atomic E-state index is 0.0363. The van der Waals surface area contributed by atoms with Gasteiger partial charge in [0, 0.05) is 6.42 Å². The Bertz CT molecular complexity index is 193. The third-order valence-corrected chi connectivity index (χ3v) is 2.08. The van der Waals surface area contributed by atoms with Crippen molar-refractivity contribution in [1.29, 1.82) is 0 Å². The summed E-state index contributed by atoms with van der Waals surface area (Å²) >= 11 is 3.69. The molecule has 0 aromatic heterocycles. The van der Waals surface area contributed by atoms with Crippen molar-refractivity contribution in [2.75, 3.05) is 6.61 Å². The van der Waals surface area contributed by atoms with Crippen LogP contribution < -0.4 is 0 Å². The molecule has 0 rings (SSSR count). The van der Waals surface area contributed by atoms with Gasteiger partial charge in [0.1, 0.15) is 6.61 Å². The normalized spacial score (nSPS) is 11.5. The molecule has 4 heteroatoms. The van der Waals surface area contributed by atoms with Gasteiger partial charge in [-0.1, -0.05) is 12.1 Å². The number of nitrogens with zero attached hydrogens (tertiary/aromatic N) is 1. The lowest BCUT2D eigenvalue weighted by Crippen LogP contribution is -1.94. The zero-order chi connectivity index (χ0) is 10.8. The third kappa shape index (κ3) is 9.58. The van der Waals surface area contributed by atoms with Crippen molar-refractivity contribution in [3.05, 3.63) is 0 Å². The smallest absolute Gasteiger partial charge is 0.185 e. The van der Waals surface area contributed by atoms with Gasteiger partial charge in [-0.2, -0.15) is 0 Å². The van der Waals surface area contributed by atoms with E-state index in [-0.39, 0.29) is 5.12 Å². The molecule has 0 saturated carbocycles. The molecule has 14 heavy (non-hydrogen) atoms. The van der Waals surface area contributed by atoms with Crippen LogP contribution in [0.2, 0.25) is 0 Å². The van der Waals surface area contributed by atoms with E-state index < -0.39 is 0 Å². The van der Waals surface area contributed by atoms with Crippen LogP contribution in [0.5, 0.6) is 0 Å². The summed E-state index contributed by atoms with van der Waals surface area (Å²) in [7, 11) is 0. The minimum atomic E-state index is -0.0363. The van der Waals surface area contributed by atoms with Gasteiger partial charge in [0.15, 0.2) is 5.12 Å². The van der Waals surface area contributed by atoms with Gasteiger partial charge >= 0.3 is 0 Å². The number of carbonyl (C=O) groups excluding carboxylic acids is 1. The van der Waals surface area contributed by atoms with E-state index in [0.29, 0.717) is 13.0 Å². The predicted octanol–water partition coefficient (Wildman–Crippen LogP) is 2.81. The molecule has 82 valence electrons. The third-order valence-electron chi connectivity index (χ3n) is 1.86. The summed E-state index contributed by atoms with van der Waals surface area (Å²) < 4.78 is 0. The van der Waals surface area contributed by atoms with E-state index in [2.05, 4.69) is 17.8 Å². The van der Waals surface area contributed by atoms with Gasteiger partial charge in [0.05, 0.1) is 5.71 Å². The van der Waals surface area contributed by atoms with Crippen molar-refractivity contribution in [1.82, 2.24) is 0 Å². The van der Waals surface area contributed by atoms with Crippen LogP contribution in [-0.4, -0.2) is 17.4 Å². The average molecular weight is 217 g/mol. The van der Waals surface area contributed by atoms with Crippen LogP contribution in [0.3, 0.4) is 0 Å². The summed E-state index contributed by atoms with van der Waals surface area (Å²) in [5.41, 5.74) is 1.01. The van der Waals surface area contributed by atoms with Crippen LogP contribution in [0.15, 0.2) is 5.16 Å². The molecular formula is C10H19NO2S. The van der Waals surface area contributed by atoms with Gasteiger partial charge in [-0.15, -0.1) is 12.6 Å². The number of hydrogen-bond acceptors (Lipinski definition) is 3. The van der Waals surface area contributed by atoms with E-state index in [1.807, 2.05) is 13.8 Å². The minimum Gasteiger partial charge on any atom is -0.396 e. The van der Waals surface area contributed by atoms with Crippen LogP contribution in [0, 0.1) is 0 Å². The van der Waals surface area contributed by atoms with Gasteiger partial charge in [-0.3, -0.25) is 4.79 Å². The van der Waals surface area contributed by atoms with Crippen molar-refractivity contribution < 1.29 is 9.63 Å². The number of oxime groups is 1. The van der Waals surface area contributed by atoms with E-state index in [4.69, 9.17) is 4.84 Å². The molecule has 0 N–H and O–H groups in total. The standard InChI is InChI=1S/C10H19NO2S/c1-3-9(2)11-13-8-6-4-5-7-10(12)14/h3-8H2,1-2H3,(H,12,14)/b11-9+. The summed E-state index contributed by atoms with van der Waals surface area (Å²) in [6, 6.07) is 0. The Morgan fingerprint density at radius 2 is 2.07 bits per heavy atom. The maximum absolute atomic E-state index is 10.5. The highest BCUT2D eigenvalue weighted by molar-refractivity contribution is 7.96. The highest BCUT2D eigenvalue weighted by Gasteiger charge is 1.94. The fourth-order valence-corrected chi connectivity index (χ4v) is 0.998. The Balaban J connectivity index is 3.18. The second-order valence-corrected chi connectivity index (χ2v) is 3.72. The Hall–Kier alpha value is -0.510. The van der Waals surface area contributed by atoms with Gasteiger partial charge in [0.25, 0.3) is 0 Å². The summed E-state index contributed by atoms with van der Waals surface area (Å²) in [6.45, 7) is 4.62. The first-order valence-corrected chi connectivity index (χ1v) is 5.48. The van der Waals surface area contributed by atoms with Crippen LogP contribution in [0.25, 0.3) is 0 Å². The van der Waals surface area contributed by atoms with Crippen molar-refractivity contribution in [3.63, 3.8) is 0 Å². The molecule has 0 fully saturated rings. The molecule has 0 radical (unpaired) electrons. The van der Waals surface area contributed by atoms with E-state index in [9.17, 15) is 4.79 Å². The zero-order valence-electron chi connectivity index (χ0n) is 8.95. The highest BCUT2D eigenvalue weighted by atomic mass is 32.1. The van der Waals surface area contributed by atoms with Crippen molar-refractivity contribution in [3.8, 4) is 0 Å². The Morgan fingerprint density at radius 1 is 1.36 bits per heavy atom. The summed E-state index contributed by atoms with van der Waals surface area (Å²) in [4.78, 5) is 15.5. The number of carbonyl (C=O) groups is 1. The lowest BCUT2D eigenvalue weighted by molar-refractivity contribution is -0.110. The van der Waals surface area contributed by atoms with E-state index in [0.717, 1.165) is 31.4 Å². The molecule has 0 saturated heterocycles. The number of unbranched alkanes of at least 4 members (excludes halogenated alkanes) is 2. The van der Waals surface area contributed by atoms with Crippen LogP contribution >= 0.6 is 12.6 Å². The van der Waals surface area contributed by atoms with Crippen LogP contribution in [-0.2, 0) is 9.63 Å². The molecule has 0 amide bonds.